The smallest absolute Gasteiger partial charge is 0.243 e. The number of rotatable bonds is 9. The average Bonchev–Trinajstić information content (AvgIpc) is 3.66. The summed E-state index contributed by atoms with van der Waals surface area (Å²) < 4.78 is 5.53. The van der Waals surface area contributed by atoms with Gasteiger partial charge in [0.25, 0.3) is 0 Å². The monoisotopic (exact) mass is 497 g/mol. The molecule has 198 valence electrons. The van der Waals surface area contributed by atoms with Gasteiger partial charge < -0.3 is 20.7 Å². The molecule has 8 nitrogen and oxygen atoms in total. The third-order valence-corrected chi connectivity index (χ3v) is 8.46. The third kappa shape index (κ3) is 6.65. The van der Waals surface area contributed by atoms with E-state index in [0.29, 0.717) is 13.0 Å². The largest absolute Gasteiger partial charge is 0.379 e. The highest BCUT2D eigenvalue weighted by molar-refractivity contribution is 5.90. The molecule has 2 saturated carbocycles. The van der Waals surface area contributed by atoms with Crippen LogP contribution in [0.3, 0.4) is 0 Å². The molecular formula is C28H43N5O3. The number of hydrogen-bond donors (Lipinski definition) is 2. The van der Waals surface area contributed by atoms with E-state index in [-0.39, 0.29) is 41.9 Å². The molecule has 0 spiro atoms. The van der Waals surface area contributed by atoms with Gasteiger partial charge >= 0.3 is 0 Å². The molecule has 0 aromatic heterocycles. The Kier molecular flexibility index (Phi) is 8.57. The lowest BCUT2D eigenvalue weighted by molar-refractivity contribution is -0.139. The van der Waals surface area contributed by atoms with Gasteiger partial charge in [0.15, 0.2) is 0 Å². The number of hydrogen-bond acceptors (Lipinski definition) is 6. The minimum Gasteiger partial charge on any atom is -0.379 e. The van der Waals surface area contributed by atoms with Crippen molar-refractivity contribution in [2.45, 2.75) is 75.7 Å². The summed E-state index contributed by atoms with van der Waals surface area (Å²) >= 11 is 0. The minimum absolute atomic E-state index is 0.0276. The predicted octanol–water partition coefficient (Wildman–Crippen LogP) is 1.59. The number of morpholine rings is 1. The van der Waals surface area contributed by atoms with Gasteiger partial charge in [0.1, 0.15) is 6.04 Å². The highest BCUT2D eigenvalue weighted by atomic mass is 16.5. The molecule has 0 radical (unpaired) electrons. The Balaban J connectivity index is 1.28. The van der Waals surface area contributed by atoms with Crippen LogP contribution < -0.4 is 11.1 Å². The van der Waals surface area contributed by atoms with Crippen molar-refractivity contribution in [1.82, 2.24) is 20.0 Å². The Hall–Kier alpha value is -2.00. The summed E-state index contributed by atoms with van der Waals surface area (Å²) in [6.07, 6.45) is 6.38. The molecular weight excluding hydrogens is 454 g/mol. The van der Waals surface area contributed by atoms with Crippen LogP contribution in [0, 0.1) is 5.92 Å². The lowest BCUT2D eigenvalue weighted by atomic mass is 9.91. The molecule has 1 aromatic carbocycles. The van der Waals surface area contributed by atoms with E-state index in [9.17, 15) is 9.59 Å². The molecule has 5 rings (SSSR count). The van der Waals surface area contributed by atoms with Crippen molar-refractivity contribution < 1.29 is 14.3 Å². The van der Waals surface area contributed by atoms with Crippen LogP contribution in [-0.4, -0.2) is 96.6 Å². The first-order valence-electron chi connectivity index (χ1n) is 14.0. The molecule has 0 bridgehead atoms. The fourth-order valence-corrected chi connectivity index (χ4v) is 6.00. The molecule has 4 aliphatic rings. The molecule has 2 unspecified atom stereocenters. The van der Waals surface area contributed by atoms with Crippen LogP contribution in [0.15, 0.2) is 30.3 Å². The molecule has 2 aliphatic heterocycles. The van der Waals surface area contributed by atoms with Gasteiger partial charge in [-0.05, 0) is 50.5 Å². The van der Waals surface area contributed by atoms with Gasteiger partial charge in [0.05, 0.1) is 13.2 Å². The summed E-state index contributed by atoms with van der Waals surface area (Å²) in [5.41, 5.74) is 7.34. The van der Waals surface area contributed by atoms with E-state index in [1.807, 2.05) is 11.0 Å². The lowest BCUT2D eigenvalue weighted by Crippen LogP contribution is -2.50. The van der Waals surface area contributed by atoms with E-state index in [0.717, 1.165) is 84.5 Å². The van der Waals surface area contributed by atoms with E-state index < -0.39 is 0 Å². The highest BCUT2D eigenvalue weighted by Crippen LogP contribution is 2.35. The Labute approximate surface area is 215 Å². The number of benzene rings is 1. The molecule has 2 aliphatic carbocycles. The summed E-state index contributed by atoms with van der Waals surface area (Å²) in [6.45, 7) is 6.87. The first-order valence-corrected chi connectivity index (χ1v) is 14.0. The molecule has 4 fully saturated rings. The van der Waals surface area contributed by atoms with Crippen LogP contribution in [0.2, 0.25) is 0 Å². The zero-order valence-electron chi connectivity index (χ0n) is 21.5. The fourth-order valence-electron chi connectivity index (χ4n) is 6.00. The van der Waals surface area contributed by atoms with E-state index in [2.05, 4.69) is 39.4 Å². The number of carbonyl (C=O) groups excluding carboxylic acids is 2. The van der Waals surface area contributed by atoms with Crippen molar-refractivity contribution in [3.63, 3.8) is 0 Å². The van der Waals surface area contributed by atoms with Crippen molar-refractivity contribution >= 4 is 11.8 Å². The van der Waals surface area contributed by atoms with Crippen LogP contribution in [0.25, 0.3) is 0 Å². The zero-order valence-corrected chi connectivity index (χ0v) is 21.5. The van der Waals surface area contributed by atoms with Gasteiger partial charge in [-0.1, -0.05) is 30.3 Å². The first kappa shape index (κ1) is 25.6. The first-order chi connectivity index (χ1) is 17.6. The number of nitrogens with two attached hydrogens (primary N) is 1. The summed E-state index contributed by atoms with van der Waals surface area (Å²) in [5.74, 6) is 0.318. The maximum atomic E-state index is 13.5. The number of ether oxygens (including phenoxy) is 1. The predicted molar refractivity (Wildman–Crippen MR) is 139 cm³/mol. The number of likely N-dealkylation sites (tertiary alicyclic amines) is 1. The van der Waals surface area contributed by atoms with Gasteiger partial charge in [-0.3, -0.25) is 19.4 Å². The second-order valence-electron chi connectivity index (χ2n) is 11.2. The van der Waals surface area contributed by atoms with Gasteiger partial charge in [0, 0.05) is 63.3 Å². The van der Waals surface area contributed by atoms with Gasteiger partial charge in [-0.2, -0.15) is 0 Å². The second kappa shape index (κ2) is 12.0. The maximum absolute atomic E-state index is 13.5. The van der Waals surface area contributed by atoms with Crippen LogP contribution >= 0.6 is 0 Å². The summed E-state index contributed by atoms with van der Waals surface area (Å²) in [6, 6.07) is 10.8. The van der Waals surface area contributed by atoms with Crippen LogP contribution in [0.5, 0.6) is 0 Å². The minimum atomic E-state index is -0.375. The molecule has 2 heterocycles. The average molecular weight is 498 g/mol. The van der Waals surface area contributed by atoms with Crippen molar-refractivity contribution in [2.24, 2.45) is 11.7 Å². The summed E-state index contributed by atoms with van der Waals surface area (Å²) in [4.78, 5) is 33.7. The summed E-state index contributed by atoms with van der Waals surface area (Å²) in [7, 11) is 0. The van der Waals surface area contributed by atoms with Crippen molar-refractivity contribution in [2.75, 3.05) is 45.9 Å². The van der Waals surface area contributed by atoms with Crippen LogP contribution in [0.4, 0.5) is 0 Å². The fraction of sp³-hybridized carbons (Fsp3) is 0.714. The lowest BCUT2D eigenvalue weighted by Gasteiger charge is -2.33. The highest BCUT2D eigenvalue weighted by Gasteiger charge is 2.46. The SMILES string of the molecule is NC1CCC(NC(=O)C2CC(N(CCN3CCOCC3)Cc3ccccc3)CN2C(=O)C2CC2)CC1. The van der Waals surface area contributed by atoms with E-state index in [1.165, 1.54) is 5.56 Å². The van der Waals surface area contributed by atoms with Crippen molar-refractivity contribution in [3.05, 3.63) is 35.9 Å². The topological polar surface area (TPSA) is 91.1 Å². The number of amides is 2. The molecule has 3 N–H and O–H groups in total. The van der Waals surface area contributed by atoms with E-state index >= 15 is 0 Å². The zero-order chi connectivity index (χ0) is 24.9. The Morgan fingerprint density at radius 3 is 2.44 bits per heavy atom. The van der Waals surface area contributed by atoms with Crippen molar-refractivity contribution in [1.29, 1.82) is 0 Å². The Bertz CT molecular complexity index is 865. The number of nitrogens with one attached hydrogen (secondary N) is 1. The van der Waals surface area contributed by atoms with E-state index in [4.69, 9.17) is 10.5 Å². The molecule has 2 amide bonds. The second-order valence-corrected chi connectivity index (χ2v) is 11.2. The summed E-state index contributed by atoms with van der Waals surface area (Å²) in [5, 5.41) is 3.29. The molecule has 8 heteroatoms. The third-order valence-electron chi connectivity index (χ3n) is 8.46. The normalized spacial score (nSPS) is 29.4. The van der Waals surface area contributed by atoms with Crippen LogP contribution in [-0.2, 0) is 20.9 Å². The quantitative estimate of drug-likeness (QED) is 0.539. The standard InChI is InChI=1S/C28H43N5O3/c29-23-8-10-24(11-9-23)30-27(34)26-18-25(20-33(26)28(35)22-6-7-22)32(19-21-4-2-1-3-5-21)13-12-31-14-16-36-17-15-31/h1-5,22-26H,6-20,29H2,(H,30,34). The Morgan fingerprint density at radius 1 is 1.03 bits per heavy atom. The molecule has 36 heavy (non-hydrogen) atoms. The van der Waals surface area contributed by atoms with Gasteiger partial charge in [0.2, 0.25) is 11.8 Å². The Morgan fingerprint density at radius 2 is 1.75 bits per heavy atom. The molecule has 2 atom stereocenters. The molecule has 1 aromatic rings. The van der Waals surface area contributed by atoms with Crippen LogP contribution in [0.1, 0.15) is 50.5 Å². The number of nitrogens with zero attached hydrogens (tertiary/aromatic N) is 3. The van der Waals surface area contributed by atoms with Gasteiger partial charge in [-0.15, -0.1) is 0 Å². The number of carbonyl (C=O) groups is 2. The maximum Gasteiger partial charge on any atom is 0.243 e. The van der Waals surface area contributed by atoms with Crippen molar-refractivity contribution in [3.8, 4) is 0 Å². The van der Waals surface area contributed by atoms with Gasteiger partial charge in [-0.25, -0.2) is 0 Å². The molecule has 2 saturated heterocycles. The van der Waals surface area contributed by atoms with E-state index in [1.54, 1.807) is 0 Å².